The van der Waals surface area contributed by atoms with Gasteiger partial charge >= 0.3 is 0 Å². The van der Waals surface area contributed by atoms with Crippen LogP contribution in [0.25, 0.3) is 0 Å². The summed E-state index contributed by atoms with van der Waals surface area (Å²) in [5, 5.41) is 12.7. The Balaban J connectivity index is 1.96. The number of hydrogen-bond acceptors (Lipinski definition) is 4. The molecular weight excluding hydrogens is 222 g/mol. The third-order valence-electron chi connectivity index (χ3n) is 2.43. The SMILES string of the molecule is CC(O)(CNC(=O)c1ccoc1)c1ccco1. The van der Waals surface area contributed by atoms with Crippen molar-refractivity contribution in [3.63, 3.8) is 0 Å². The molecule has 0 spiro atoms. The van der Waals surface area contributed by atoms with Crippen molar-refractivity contribution >= 4 is 5.91 Å². The zero-order chi connectivity index (χ0) is 12.3. The molecule has 0 saturated carbocycles. The molecule has 0 aliphatic heterocycles. The van der Waals surface area contributed by atoms with Crippen LogP contribution in [0.1, 0.15) is 23.0 Å². The smallest absolute Gasteiger partial charge is 0.254 e. The van der Waals surface area contributed by atoms with E-state index >= 15 is 0 Å². The Hall–Kier alpha value is -2.01. The molecule has 0 aromatic carbocycles. The van der Waals surface area contributed by atoms with Crippen LogP contribution in [-0.2, 0) is 5.60 Å². The largest absolute Gasteiger partial charge is 0.472 e. The maximum Gasteiger partial charge on any atom is 0.254 e. The van der Waals surface area contributed by atoms with Gasteiger partial charge in [-0.1, -0.05) is 0 Å². The summed E-state index contributed by atoms with van der Waals surface area (Å²) in [6.07, 6.45) is 4.23. The van der Waals surface area contributed by atoms with E-state index in [9.17, 15) is 9.90 Å². The van der Waals surface area contributed by atoms with Crippen molar-refractivity contribution in [1.82, 2.24) is 5.32 Å². The summed E-state index contributed by atoms with van der Waals surface area (Å²) < 4.78 is 9.90. The molecule has 2 aromatic heterocycles. The Labute approximate surface area is 98.0 Å². The Morgan fingerprint density at radius 2 is 2.29 bits per heavy atom. The summed E-state index contributed by atoms with van der Waals surface area (Å²) in [7, 11) is 0. The highest BCUT2D eigenvalue weighted by Gasteiger charge is 2.27. The number of amides is 1. The van der Waals surface area contributed by atoms with Crippen molar-refractivity contribution in [1.29, 1.82) is 0 Å². The Morgan fingerprint density at radius 3 is 2.88 bits per heavy atom. The number of hydrogen-bond donors (Lipinski definition) is 2. The molecule has 2 N–H and O–H groups in total. The van der Waals surface area contributed by atoms with Gasteiger partial charge in [0.1, 0.15) is 17.6 Å². The average molecular weight is 235 g/mol. The topological polar surface area (TPSA) is 75.6 Å². The molecular formula is C12H13NO4. The second-order valence-electron chi connectivity index (χ2n) is 3.95. The Kier molecular flexibility index (Phi) is 3.01. The van der Waals surface area contributed by atoms with Gasteiger partial charge in [-0.2, -0.15) is 0 Å². The zero-order valence-corrected chi connectivity index (χ0v) is 9.34. The van der Waals surface area contributed by atoms with E-state index in [1.54, 1.807) is 25.1 Å². The molecule has 1 atom stereocenters. The summed E-state index contributed by atoms with van der Waals surface area (Å²) in [6.45, 7) is 1.63. The fourth-order valence-corrected chi connectivity index (χ4v) is 1.42. The standard InChI is InChI=1S/C12H13NO4/c1-12(15,10-3-2-5-17-10)8-13-11(14)9-4-6-16-7-9/h2-7,15H,8H2,1H3,(H,13,14). The van der Waals surface area contributed by atoms with Gasteiger partial charge in [-0.3, -0.25) is 4.79 Å². The fourth-order valence-electron chi connectivity index (χ4n) is 1.42. The van der Waals surface area contributed by atoms with E-state index in [4.69, 9.17) is 8.83 Å². The lowest BCUT2D eigenvalue weighted by Gasteiger charge is -2.20. The van der Waals surface area contributed by atoms with E-state index in [-0.39, 0.29) is 12.5 Å². The molecule has 0 saturated heterocycles. The Bertz CT molecular complexity index is 471. The summed E-state index contributed by atoms with van der Waals surface area (Å²) in [5.41, 5.74) is -0.816. The van der Waals surface area contributed by atoms with Crippen molar-refractivity contribution in [3.8, 4) is 0 Å². The average Bonchev–Trinajstić information content (AvgIpc) is 2.97. The van der Waals surface area contributed by atoms with Crippen molar-refractivity contribution in [2.24, 2.45) is 0 Å². The van der Waals surface area contributed by atoms with Crippen molar-refractivity contribution in [3.05, 3.63) is 48.3 Å². The van der Waals surface area contributed by atoms with Crippen LogP contribution < -0.4 is 5.32 Å². The first kappa shape index (κ1) is 11.5. The summed E-state index contributed by atoms with van der Waals surface area (Å²) in [6, 6.07) is 4.89. The predicted octanol–water partition coefficient (Wildman–Crippen LogP) is 1.51. The lowest BCUT2D eigenvalue weighted by molar-refractivity contribution is 0.0330. The highest BCUT2D eigenvalue weighted by atomic mass is 16.4. The van der Waals surface area contributed by atoms with Crippen LogP contribution in [0.3, 0.4) is 0 Å². The summed E-state index contributed by atoms with van der Waals surface area (Å²) in [5.74, 6) is 0.107. The van der Waals surface area contributed by atoms with Crippen molar-refractivity contribution < 1.29 is 18.7 Å². The lowest BCUT2D eigenvalue weighted by atomic mass is 10.0. The molecule has 0 bridgehead atoms. The first-order chi connectivity index (χ1) is 8.09. The monoisotopic (exact) mass is 235 g/mol. The van der Waals surface area contributed by atoms with Crippen LogP contribution in [-0.4, -0.2) is 17.6 Å². The van der Waals surface area contributed by atoms with Gasteiger partial charge in [-0.25, -0.2) is 0 Å². The van der Waals surface area contributed by atoms with Crippen molar-refractivity contribution in [2.45, 2.75) is 12.5 Å². The molecule has 90 valence electrons. The van der Waals surface area contributed by atoms with E-state index in [0.29, 0.717) is 11.3 Å². The van der Waals surface area contributed by atoms with Gasteiger partial charge in [-0.15, -0.1) is 0 Å². The zero-order valence-electron chi connectivity index (χ0n) is 9.34. The van der Waals surface area contributed by atoms with Gasteiger partial charge in [0.25, 0.3) is 5.91 Å². The molecule has 0 fully saturated rings. The van der Waals surface area contributed by atoms with Gasteiger partial charge in [-0.05, 0) is 25.1 Å². The summed E-state index contributed by atoms with van der Waals surface area (Å²) in [4.78, 5) is 11.6. The van der Waals surface area contributed by atoms with Crippen LogP contribution in [0.4, 0.5) is 0 Å². The van der Waals surface area contributed by atoms with E-state index in [2.05, 4.69) is 5.32 Å². The molecule has 0 aliphatic rings. The predicted molar refractivity (Wildman–Crippen MR) is 59.3 cm³/mol. The van der Waals surface area contributed by atoms with Crippen molar-refractivity contribution in [2.75, 3.05) is 6.54 Å². The molecule has 1 amide bonds. The second-order valence-corrected chi connectivity index (χ2v) is 3.95. The summed E-state index contributed by atoms with van der Waals surface area (Å²) >= 11 is 0. The van der Waals surface area contributed by atoms with Crippen LogP contribution >= 0.6 is 0 Å². The highest BCUT2D eigenvalue weighted by Crippen LogP contribution is 2.19. The highest BCUT2D eigenvalue weighted by molar-refractivity contribution is 5.93. The minimum absolute atomic E-state index is 0.0600. The molecule has 2 aromatic rings. The first-order valence-electron chi connectivity index (χ1n) is 5.16. The number of carbonyl (C=O) groups is 1. The van der Waals surface area contributed by atoms with Crippen LogP contribution in [0.5, 0.6) is 0 Å². The number of aliphatic hydroxyl groups is 1. The Morgan fingerprint density at radius 1 is 1.47 bits per heavy atom. The van der Waals surface area contributed by atoms with E-state index in [1.165, 1.54) is 18.8 Å². The van der Waals surface area contributed by atoms with Crippen LogP contribution in [0.15, 0.2) is 45.8 Å². The van der Waals surface area contributed by atoms with Gasteiger partial charge < -0.3 is 19.3 Å². The number of carbonyl (C=O) groups excluding carboxylic acids is 1. The third kappa shape index (κ3) is 2.57. The second kappa shape index (κ2) is 4.47. The molecule has 2 heterocycles. The van der Waals surface area contributed by atoms with Gasteiger partial charge in [0.15, 0.2) is 0 Å². The number of nitrogens with one attached hydrogen (secondary N) is 1. The number of furan rings is 2. The fraction of sp³-hybridized carbons (Fsp3) is 0.250. The molecule has 2 rings (SSSR count). The van der Waals surface area contributed by atoms with Gasteiger partial charge in [0, 0.05) is 0 Å². The van der Waals surface area contributed by atoms with Gasteiger partial charge in [0.05, 0.1) is 24.6 Å². The first-order valence-corrected chi connectivity index (χ1v) is 5.16. The molecule has 5 heteroatoms. The van der Waals surface area contributed by atoms with Gasteiger partial charge in [0.2, 0.25) is 0 Å². The van der Waals surface area contributed by atoms with E-state index in [1.807, 2.05) is 0 Å². The molecule has 0 aliphatic carbocycles. The normalized spacial score (nSPS) is 14.2. The minimum atomic E-state index is -1.23. The lowest BCUT2D eigenvalue weighted by Crippen LogP contribution is -2.38. The molecule has 1 unspecified atom stereocenters. The van der Waals surface area contributed by atoms with E-state index in [0.717, 1.165) is 0 Å². The molecule has 0 radical (unpaired) electrons. The molecule has 17 heavy (non-hydrogen) atoms. The van der Waals surface area contributed by atoms with E-state index < -0.39 is 5.60 Å². The van der Waals surface area contributed by atoms with Crippen LogP contribution in [0, 0.1) is 0 Å². The molecule has 5 nitrogen and oxygen atoms in total. The van der Waals surface area contributed by atoms with Crippen LogP contribution in [0.2, 0.25) is 0 Å². The maximum atomic E-state index is 11.6. The maximum absolute atomic E-state index is 11.6. The third-order valence-corrected chi connectivity index (χ3v) is 2.43. The number of rotatable bonds is 4. The quantitative estimate of drug-likeness (QED) is 0.842. The minimum Gasteiger partial charge on any atom is -0.472 e.